The van der Waals surface area contributed by atoms with Crippen molar-refractivity contribution in [3.63, 3.8) is 0 Å². The van der Waals surface area contributed by atoms with Gasteiger partial charge in [0, 0.05) is 17.6 Å². The Hall–Kier alpha value is -1.68. The lowest BCUT2D eigenvalue weighted by Gasteiger charge is -2.47. The fourth-order valence-electron chi connectivity index (χ4n) is 3.35. The van der Waals surface area contributed by atoms with E-state index in [9.17, 15) is 5.11 Å². The van der Waals surface area contributed by atoms with Gasteiger partial charge >= 0.3 is 0 Å². The summed E-state index contributed by atoms with van der Waals surface area (Å²) in [6, 6.07) is 21.0. The van der Waals surface area contributed by atoms with Crippen LogP contribution in [0.4, 0.5) is 0 Å². The molecule has 2 aromatic rings. The lowest BCUT2D eigenvalue weighted by molar-refractivity contribution is 0.141. The molecule has 0 spiro atoms. The molecule has 2 aromatic carbocycles. The number of nitrogens with one attached hydrogen (secondary N) is 1. The molecule has 1 saturated carbocycles. The molecule has 3 nitrogen and oxygen atoms in total. The van der Waals surface area contributed by atoms with Crippen molar-refractivity contribution in [3.8, 4) is 0 Å². The quantitative estimate of drug-likeness (QED) is 0.766. The highest BCUT2D eigenvalue weighted by atomic mass is 16.3. The van der Waals surface area contributed by atoms with Gasteiger partial charge in [-0.15, -0.1) is 0 Å². The number of benzene rings is 2. The molecular formula is C19H24N2O. The van der Waals surface area contributed by atoms with E-state index in [1.165, 1.54) is 11.1 Å². The van der Waals surface area contributed by atoms with Gasteiger partial charge in [-0.3, -0.25) is 0 Å². The second-order valence-corrected chi connectivity index (χ2v) is 6.36. The average Bonchev–Trinajstić information content (AvgIpc) is 2.54. The summed E-state index contributed by atoms with van der Waals surface area (Å²) in [5.41, 5.74) is 8.72. The van der Waals surface area contributed by atoms with Crippen LogP contribution in [0.2, 0.25) is 0 Å². The zero-order chi connectivity index (χ0) is 15.4. The molecule has 22 heavy (non-hydrogen) atoms. The molecule has 0 saturated heterocycles. The highest BCUT2D eigenvalue weighted by Crippen LogP contribution is 2.39. The van der Waals surface area contributed by atoms with Crippen molar-refractivity contribution in [2.24, 2.45) is 5.73 Å². The summed E-state index contributed by atoms with van der Waals surface area (Å²) in [5.74, 6) is 0. The molecule has 4 N–H and O–H groups in total. The normalized spacial score (nSPS) is 25.5. The first-order valence-corrected chi connectivity index (χ1v) is 7.95. The van der Waals surface area contributed by atoms with E-state index >= 15 is 0 Å². The second-order valence-electron chi connectivity index (χ2n) is 6.36. The third-order valence-electron chi connectivity index (χ3n) is 4.59. The first kappa shape index (κ1) is 15.2. The molecule has 0 amide bonds. The zero-order valence-corrected chi connectivity index (χ0v) is 12.8. The minimum atomic E-state index is -0.217. The van der Waals surface area contributed by atoms with Crippen LogP contribution in [-0.4, -0.2) is 23.8 Å². The van der Waals surface area contributed by atoms with Gasteiger partial charge in [-0.25, -0.2) is 0 Å². The standard InChI is InChI=1S/C19H24N2O/c20-19(16-9-5-2-6-10-16)12-18(13-19)21-17(14-22)11-15-7-3-1-4-8-15/h1-10,17-18,21-22H,11-14,20H2/t17-,18?,19?/m1/s1. The van der Waals surface area contributed by atoms with E-state index in [0.29, 0.717) is 6.04 Å². The topological polar surface area (TPSA) is 58.3 Å². The number of hydrogen-bond donors (Lipinski definition) is 3. The highest BCUT2D eigenvalue weighted by Gasteiger charge is 2.42. The SMILES string of the molecule is NC1(c2ccccc2)CC(N[C@@H](CO)Cc2ccccc2)C1. The van der Waals surface area contributed by atoms with Crippen molar-refractivity contribution in [1.82, 2.24) is 5.32 Å². The minimum Gasteiger partial charge on any atom is -0.395 e. The van der Waals surface area contributed by atoms with E-state index < -0.39 is 0 Å². The molecule has 3 rings (SSSR count). The summed E-state index contributed by atoms with van der Waals surface area (Å²) in [7, 11) is 0. The van der Waals surface area contributed by atoms with Gasteiger partial charge in [0.15, 0.2) is 0 Å². The third-order valence-corrected chi connectivity index (χ3v) is 4.59. The molecule has 3 heteroatoms. The molecule has 1 aliphatic carbocycles. The molecule has 1 atom stereocenters. The van der Waals surface area contributed by atoms with Crippen LogP contribution in [0.15, 0.2) is 60.7 Å². The minimum absolute atomic E-state index is 0.0905. The van der Waals surface area contributed by atoms with Gasteiger partial charge in [-0.1, -0.05) is 60.7 Å². The maximum Gasteiger partial charge on any atom is 0.0587 e. The van der Waals surface area contributed by atoms with E-state index in [1.807, 2.05) is 36.4 Å². The summed E-state index contributed by atoms with van der Waals surface area (Å²) in [6.45, 7) is 0.147. The molecule has 1 fully saturated rings. The van der Waals surface area contributed by atoms with Crippen molar-refractivity contribution in [1.29, 1.82) is 0 Å². The van der Waals surface area contributed by atoms with Crippen molar-refractivity contribution >= 4 is 0 Å². The summed E-state index contributed by atoms with van der Waals surface area (Å²) < 4.78 is 0. The molecule has 0 heterocycles. The van der Waals surface area contributed by atoms with Crippen molar-refractivity contribution in [2.45, 2.75) is 36.9 Å². The van der Waals surface area contributed by atoms with E-state index in [2.05, 4.69) is 29.6 Å². The van der Waals surface area contributed by atoms with E-state index in [4.69, 9.17) is 5.73 Å². The first-order valence-electron chi connectivity index (χ1n) is 7.95. The molecular weight excluding hydrogens is 272 g/mol. The Balaban J connectivity index is 1.54. The van der Waals surface area contributed by atoms with Gasteiger partial charge in [-0.2, -0.15) is 0 Å². The number of hydrogen-bond acceptors (Lipinski definition) is 3. The van der Waals surface area contributed by atoms with Gasteiger partial charge in [-0.05, 0) is 30.4 Å². The molecule has 0 radical (unpaired) electrons. The van der Waals surface area contributed by atoms with E-state index in [-0.39, 0.29) is 18.2 Å². The van der Waals surface area contributed by atoms with Crippen LogP contribution in [0.25, 0.3) is 0 Å². The Morgan fingerprint density at radius 1 is 1.05 bits per heavy atom. The molecule has 1 aliphatic rings. The number of rotatable bonds is 6. The van der Waals surface area contributed by atoms with Crippen LogP contribution in [0.1, 0.15) is 24.0 Å². The van der Waals surface area contributed by atoms with Crippen LogP contribution in [-0.2, 0) is 12.0 Å². The Kier molecular flexibility index (Phi) is 4.57. The predicted octanol–water partition coefficient (Wildman–Crippen LogP) is 2.20. The van der Waals surface area contributed by atoms with Gasteiger partial charge in [0.05, 0.1) is 6.61 Å². The molecule has 0 aliphatic heterocycles. The van der Waals surface area contributed by atoms with E-state index in [0.717, 1.165) is 19.3 Å². The van der Waals surface area contributed by atoms with Crippen LogP contribution < -0.4 is 11.1 Å². The second kappa shape index (κ2) is 6.61. The Morgan fingerprint density at radius 2 is 1.64 bits per heavy atom. The predicted molar refractivity (Wildman–Crippen MR) is 89.5 cm³/mol. The summed E-state index contributed by atoms with van der Waals surface area (Å²) in [4.78, 5) is 0. The van der Waals surface area contributed by atoms with Gasteiger partial charge in [0.1, 0.15) is 0 Å². The number of aliphatic hydroxyl groups excluding tert-OH is 1. The monoisotopic (exact) mass is 296 g/mol. The van der Waals surface area contributed by atoms with Crippen molar-refractivity contribution < 1.29 is 5.11 Å². The summed E-state index contributed by atoms with van der Waals surface area (Å²) in [6.07, 6.45) is 2.68. The van der Waals surface area contributed by atoms with Crippen molar-refractivity contribution in [3.05, 3.63) is 71.8 Å². The van der Waals surface area contributed by atoms with Crippen LogP contribution in [0, 0.1) is 0 Å². The molecule has 0 unspecified atom stereocenters. The largest absolute Gasteiger partial charge is 0.395 e. The molecule has 116 valence electrons. The van der Waals surface area contributed by atoms with Gasteiger partial charge in [0.2, 0.25) is 0 Å². The van der Waals surface area contributed by atoms with Crippen LogP contribution in [0.3, 0.4) is 0 Å². The van der Waals surface area contributed by atoms with Gasteiger partial charge < -0.3 is 16.2 Å². The van der Waals surface area contributed by atoms with Crippen LogP contribution >= 0.6 is 0 Å². The summed E-state index contributed by atoms with van der Waals surface area (Å²) >= 11 is 0. The molecule has 0 bridgehead atoms. The Morgan fingerprint density at radius 3 is 2.23 bits per heavy atom. The fraction of sp³-hybridized carbons (Fsp3) is 0.368. The molecule has 0 aromatic heterocycles. The maximum atomic E-state index is 9.61. The summed E-state index contributed by atoms with van der Waals surface area (Å²) in [5, 5.41) is 13.2. The zero-order valence-electron chi connectivity index (χ0n) is 12.8. The first-order chi connectivity index (χ1) is 10.7. The van der Waals surface area contributed by atoms with Crippen molar-refractivity contribution in [2.75, 3.05) is 6.61 Å². The Bertz CT molecular complexity index is 579. The van der Waals surface area contributed by atoms with Crippen LogP contribution in [0.5, 0.6) is 0 Å². The Labute approximate surface area is 132 Å². The number of nitrogens with two attached hydrogens (primary N) is 1. The van der Waals surface area contributed by atoms with E-state index in [1.54, 1.807) is 0 Å². The maximum absolute atomic E-state index is 9.61. The van der Waals surface area contributed by atoms with Gasteiger partial charge in [0.25, 0.3) is 0 Å². The third kappa shape index (κ3) is 3.38. The number of aliphatic hydroxyl groups is 1. The highest BCUT2D eigenvalue weighted by molar-refractivity contribution is 5.28. The lowest BCUT2D eigenvalue weighted by Crippen LogP contribution is -2.59. The lowest BCUT2D eigenvalue weighted by atomic mass is 9.69. The smallest absolute Gasteiger partial charge is 0.0587 e. The fourth-order valence-corrected chi connectivity index (χ4v) is 3.35. The average molecular weight is 296 g/mol.